The molecule has 1 aromatic rings. The number of carbonyl (C=O) groups is 3. The van der Waals surface area contributed by atoms with Crippen molar-refractivity contribution in [2.75, 3.05) is 32.8 Å². The molecule has 0 aliphatic carbocycles. The van der Waals surface area contributed by atoms with Crippen molar-refractivity contribution in [1.29, 1.82) is 0 Å². The van der Waals surface area contributed by atoms with E-state index in [0.717, 1.165) is 16.7 Å². The van der Waals surface area contributed by atoms with Gasteiger partial charge in [0.25, 0.3) is 11.1 Å². The molecule has 0 bridgehead atoms. The van der Waals surface area contributed by atoms with Crippen molar-refractivity contribution < 1.29 is 24.2 Å². The number of phenolic OH excluding ortho intramolecular Hbond substituents is 1. The largest absolute Gasteiger partial charge is 0.506 e. The highest BCUT2D eigenvalue weighted by atomic mass is 127. The number of hydrogen-bond acceptors (Lipinski definition) is 6. The van der Waals surface area contributed by atoms with E-state index in [1.807, 2.05) is 22.6 Å². The van der Waals surface area contributed by atoms with Crippen LogP contribution < -0.4 is 0 Å². The minimum absolute atomic E-state index is 0.0220. The van der Waals surface area contributed by atoms with Crippen LogP contribution in [0.2, 0.25) is 5.02 Å². The first-order chi connectivity index (χ1) is 12.4. The molecule has 7 nitrogen and oxygen atoms in total. The molecule has 2 fully saturated rings. The minimum atomic E-state index is -0.559. The zero-order valence-corrected chi connectivity index (χ0v) is 17.1. The van der Waals surface area contributed by atoms with Crippen LogP contribution in [-0.4, -0.2) is 64.8 Å². The lowest BCUT2D eigenvalue weighted by Crippen LogP contribution is -2.46. The Bertz CT molecular complexity index is 810. The van der Waals surface area contributed by atoms with Crippen LogP contribution in [0.25, 0.3) is 6.08 Å². The number of aromatic hydroxyl groups is 1. The van der Waals surface area contributed by atoms with E-state index in [1.54, 1.807) is 11.0 Å². The van der Waals surface area contributed by atoms with Gasteiger partial charge in [-0.2, -0.15) is 0 Å². The van der Waals surface area contributed by atoms with Gasteiger partial charge in [0.2, 0.25) is 5.91 Å². The summed E-state index contributed by atoms with van der Waals surface area (Å²) in [5.74, 6) is -0.876. The predicted octanol–water partition coefficient (Wildman–Crippen LogP) is 2.55. The Balaban J connectivity index is 1.77. The van der Waals surface area contributed by atoms with E-state index in [1.165, 1.54) is 12.1 Å². The number of halogens is 2. The number of rotatable bonds is 3. The maximum absolute atomic E-state index is 12.5. The predicted molar refractivity (Wildman–Crippen MR) is 106 cm³/mol. The van der Waals surface area contributed by atoms with Crippen LogP contribution >= 0.6 is 46.0 Å². The van der Waals surface area contributed by atoms with Crippen LogP contribution in [-0.2, 0) is 14.3 Å². The average molecular weight is 509 g/mol. The number of ether oxygens (including phenoxy) is 1. The number of thioether (sulfide) groups is 1. The van der Waals surface area contributed by atoms with Crippen LogP contribution in [0.3, 0.4) is 0 Å². The van der Waals surface area contributed by atoms with Gasteiger partial charge >= 0.3 is 0 Å². The second-order valence-electron chi connectivity index (χ2n) is 5.59. The lowest BCUT2D eigenvalue weighted by Gasteiger charge is -2.28. The SMILES string of the molecule is O=C(CN1C(=O)S/C(=C/c2cc(Cl)cc(I)c2O)C1=O)N1CCOCC1. The lowest BCUT2D eigenvalue weighted by atomic mass is 10.2. The number of carbonyl (C=O) groups excluding carboxylic acids is 3. The van der Waals surface area contributed by atoms with E-state index >= 15 is 0 Å². The molecule has 26 heavy (non-hydrogen) atoms. The summed E-state index contributed by atoms with van der Waals surface area (Å²) < 4.78 is 5.72. The Hall–Kier alpha value is -1.30. The summed E-state index contributed by atoms with van der Waals surface area (Å²) in [5.41, 5.74) is 0.340. The Morgan fingerprint density at radius 3 is 2.73 bits per heavy atom. The van der Waals surface area contributed by atoms with Crippen LogP contribution in [0.1, 0.15) is 5.56 Å². The second-order valence-corrected chi connectivity index (χ2v) is 8.18. The van der Waals surface area contributed by atoms with Crippen LogP contribution in [0.4, 0.5) is 4.79 Å². The van der Waals surface area contributed by atoms with Gasteiger partial charge in [0.1, 0.15) is 12.3 Å². The number of amides is 3. The number of imide groups is 1. The van der Waals surface area contributed by atoms with E-state index in [0.29, 0.717) is 40.5 Å². The first-order valence-corrected chi connectivity index (χ1v) is 9.93. The van der Waals surface area contributed by atoms with Crippen molar-refractivity contribution >= 4 is 69.1 Å². The van der Waals surface area contributed by atoms with Gasteiger partial charge < -0.3 is 14.7 Å². The van der Waals surface area contributed by atoms with Gasteiger partial charge in [-0.25, -0.2) is 0 Å². The maximum atomic E-state index is 12.5. The summed E-state index contributed by atoms with van der Waals surface area (Å²) in [6.07, 6.45) is 1.41. The molecular formula is C16H14ClIN2O5S. The van der Waals surface area contributed by atoms with E-state index in [4.69, 9.17) is 16.3 Å². The van der Waals surface area contributed by atoms with Crippen molar-refractivity contribution in [3.8, 4) is 5.75 Å². The third-order valence-corrected chi connectivity index (χ3v) is 5.82. The van der Waals surface area contributed by atoms with E-state index < -0.39 is 11.1 Å². The fraction of sp³-hybridized carbons (Fsp3) is 0.312. The molecule has 10 heteroatoms. The minimum Gasteiger partial charge on any atom is -0.506 e. The Kier molecular flexibility index (Phi) is 6.10. The zero-order chi connectivity index (χ0) is 18.8. The first kappa shape index (κ1) is 19.5. The normalized spacial score (nSPS) is 19.5. The Morgan fingerprint density at radius 1 is 1.35 bits per heavy atom. The summed E-state index contributed by atoms with van der Waals surface area (Å²) in [5, 5.41) is 10.0. The van der Waals surface area contributed by atoms with Gasteiger partial charge in [0.05, 0.1) is 21.7 Å². The van der Waals surface area contributed by atoms with Gasteiger partial charge in [-0.15, -0.1) is 0 Å². The Morgan fingerprint density at radius 2 is 2.04 bits per heavy atom. The van der Waals surface area contributed by atoms with E-state index in [-0.39, 0.29) is 23.1 Å². The number of nitrogens with zero attached hydrogens (tertiary/aromatic N) is 2. The molecule has 0 radical (unpaired) electrons. The van der Waals surface area contributed by atoms with Gasteiger partial charge in [-0.3, -0.25) is 19.3 Å². The summed E-state index contributed by atoms with van der Waals surface area (Å²) >= 11 is 8.64. The fourth-order valence-electron chi connectivity index (χ4n) is 2.52. The van der Waals surface area contributed by atoms with Crippen molar-refractivity contribution in [1.82, 2.24) is 9.80 Å². The van der Waals surface area contributed by atoms with Crippen molar-refractivity contribution in [3.63, 3.8) is 0 Å². The maximum Gasteiger partial charge on any atom is 0.294 e. The molecule has 0 aromatic heterocycles. The van der Waals surface area contributed by atoms with E-state index in [2.05, 4.69) is 0 Å². The standard InChI is InChI=1S/C16H14ClIN2O5S/c17-10-5-9(14(22)11(18)7-10)6-12-15(23)20(16(24)26-12)8-13(21)19-1-3-25-4-2-19/h5-7,22H,1-4,8H2/b12-6+. The quantitative estimate of drug-likeness (QED) is 0.499. The van der Waals surface area contributed by atoms with Gasteiger partial charge in [-0.05, 0) is 52.6 Å². The third-order valence-electron chi connectivity index (χ3n) is 3.88. The molecule has 138 valence electrons. The molecule has 3 amide bonds. The summed E-state index contributed by atoms with van der Waals surface area (Å²) in [4.78, 5) is 39.6. The number of phenols is 1. The molecule has 2 heterocycles. The van der Waals surface area contributed by atoms with Crippen molar-refractivity contribution in [2.24, 2.45) is 0 Å². The fourth-order valence-corrected chi connectivity index (χ4v) is 4.41. The van der Waals surface area contributed by atoms with Crippen LogP contribution in [0.15, 0.2) is 17.0 Å². The van der Waals surface area contributed by atoms with Gasteiger partial charge in [-0.1, -0.05) is 11.6 Å². The van der Waals surface area contributed by atoms with Crippen molar-refractivity contribution in [2.45, 2.75) is 0 Å². The molecule has 0 unspecified atom stereocenters. The topological polar surface area (TPSA) is 87.2 Å². The highest BCUT2D eigenvalue weighted by Crippen LogP contribution is 2.36. The summed E-state index contributed by atoms with van der Waals surface area (Å²) in [7, 11) is 0. The smallest absolute Gasteiger partial charge is 0.294 e. The molecule has 3 rings (SSSR count). The van der Waals surface area contributed by atoms with E-state index in [9.17, 15) is 19.5 Å². The summed E-state index contributed by atoms with van der Waals surface area (Å²) in [6, 6.07) is 3.09. The molecular weight excluding hydrogens is 495 g/mol. The Labute approximate surface area is 172 Å². The number of hydrogen-bond donors (Lipinski definition) is 1. The molecule has 2 aliphatic heterocycles. The van der Waals surface area contributed by atoms with Gasteiger partial charge in [0.15, 0.2) is 0 Å². The second kappa shape index (κ2) is 8.15. The molecule has 0 spiro atoms. The lowest BCUT2D eigenvalue weighted by molar-refractivity contribution is -0.139. The highest BCUT2D eigenvalue weighted by molar-refractivity contribution is 14.1. The summed E-state index contributed by atoms with van der Waals surface area (Å²) in [6.45, 7) is 1.47. The molecule has 0 atom stereocenters. The van der Waals surface area contributed by atoms with Crippen molar-refractivity contribution in [3.05, 3.63) is 31.2 Å². The number of morpholine rings is 1. The highest BCUT2D eigenvalue weighted by Gasteiger charge is 2.37. The van der Waals surface area contributed by atoms with Crippen LogP contribution in [0.5, 0.6) is 5.75 Å². The molecule has 0 saturated carbocycles. The van der Waals surface area contributed by atoms with Crippen LogP contribution in [0, 0.1) is 3.57 Å². The molecule has 2 aliphatic rings. The molecule has 1 N–H and O–H groups in total. The monoisotopic (exact) mass is 508 g/mol. The first-order valence-electron chi connectivity index (χ1n) is 7.65. The molecule has 1 aromatic carbocycles. The zero-order valence-electron chi connectivity index (χ0n) is 13.4. The number of benzene rings is 1. The molecule has 2 saturated heterocycles. The third kappa shape index (κ3) is 4.16. The average Bonchev–Trinajstić information content (AvgIpc) is 2.87. The van der Waals surface area contributed by atoms with Gasteiger partial charge in [0, 0.05) is 23.7 Å².